The Morgan fingerprint density at radius 2 is 0.977 bits per heavy atom. The summed E-state index contributed by atoms with van der Waals surface area (Å²) in [4.78, 5) is 155. The zero-order chi connectivity index (χ0) is 95.4. The molecule has 0 bridgehead atoms. The summed E-state index contributed by atoms with van der Waals surface area (Å²) in [6, 6.07) is 39.8. The lowest BCUT2D eigenvalue weighted by Crippen LogP contribution is -2.54. The molecular weight excluding hydrogens is 1740 g/mol. The van der Waals surface area contributed by atoms with E-state index in [1.807, 2.05) is 156 Å². The summed E-state index contributed by atoms with van der Waals surface area (Å²) < 4.78 is 42.0. The van der Waals surface area contributed by atoms with Gasteiger partial charge in [0.2, 0.25) is 17.3 Å². The molecule has 6 aromatic carbocycles. The molecule has 0 spiro atoms. The molecule has 133 heavy (non-hydrogen) atoms. The van der Waals surface area contributed by atoms with E-state index in [9.17, 15) is 53.1 Å². The first-order valence-corrected chi connectivity index (χ1v) is 46.5. The number of rotatable bonds is 43. The maximum absolute atomic E-state index is 14.2. The van der Waals surface area contributed by atoms with Crippen LogP contribution in [-0.2, 0) is 57.4 Å². The summed E-state index contributed by atoms with van der Waals surface area (Å²) in [5.74, 6) is -2.43. The largest absolute Gasteiger partial charge is 0.491 e. The van der Waals surface area contributed by atoms with Crippen molar-refractivity contribution in [1.82, 2.24) is 28.7 Å². The average Bonchev–Trinajstić information content (AvgIpc) is 1.61. The fraction of sp³-hybridized carbons (Fsp3) is 0.436. The highest BCUT2D eigenvalue weighted by Crippen LogP contribution is 2.37. The minimum Gasteiger partial charge on any atom is -0.491 e. The number of ether oxygens (including phenoxy) is 7. The van der Waals surface area contributed by atoms with Crippen molar-refractivity contribution in [2.24, 2.45) is 15.5 Å². The first-order valence-electron chi connectivity index (χ1n) is 45.2. The summed E-state index contributed by atoms with van der Waals surface area (Å²) >= 11 is 7.21. The number of carbonyl (C=O) groups is 10. The van der Waals surface area contributed by atoms with Gasteiger partial charge in [-0.05, 0) is 195 Å². The number of nitrogens with zero attached hydrogens (tertiary/aromatic N) is 9. The van der Waals surface area contributed by atoms with Crippen molar-refractivity contribution in [3.8, 4) is 22.9 Å². The van der Waals surface area contributed by atoms with E-state index in [0.717, 1.165) is 89.1 Å². The van der Waals surface area contributed by atoms with E-state index < -0.39 is 52.7 Å². The molecule has 30 nitrogen and oxygen atoms in total. The molecule has 1 unspecified atom stereocenters. The van der Waals surface area contributed by atoms with Gasteiger partial charge < -0.3 is 66.8 Å². The number of benzene rings is 6. The summed E-state index contributed by atoms with van der Waals surface area (Å²) in [5.41, 5.74) is 4.23. The number of methoxy groups -OCH3 is 1. The van der Waals surface area contributed by atoms with E-state index >= 15 is 0 Å². The zero-order valence-corrected chi connectivity index (χ0v) is 79.2. The summed E-state index contributed by atoms with van der Waals surface area (Å²) in [5, 5.41) is 22.3. The molecule has 0 radical (unpaired) electrons. The van der Waals surface area contributed by atoms with Gasteiger partial charge in [0.05, 0.1) is 100 Å². The number of Topliss-reactive ketones (excluding diaryl/α,β-unsaturated/α-hetero) is 6. The zero-order valence-electron chi connectivity index (χ0n) is 77.6. The number of halogens is 1. The van der Waals surface area contributed by atoms with Gasteiger partial charge in [0.1, 0.15) is 48.0 Å². The van der Waals surface area contributed by atoms with Crippen LogP contribution in [0.15, 0.2) is 195 Å². The van der Waals surface area contributed by atoms with Gasteiger partial charge in [-0.3, -0.25) is 48.3 Å². The molecule has 1 aliphatic carbocycles. The Labute approximate surface area is 784 Å². The minimum absolute atomic E-state index is 0.00866. The van der Waals surface area contributed by atoms with Crippen LogP contribution in [-0.4, -0.2) is 270 Å². The molecule has 2 aromatic heterocycles. The molecule has 0 amide bonds. The van der Waals surface area contributed by atoms with Gasteiger partial charge in [0, 0.05) is 148 Å². The second kappa shape index (κ2) is 49.1. The highest BCUT2D eigenvalue weighted by molar-refractivity contribution is 7.99. The predicted molar refractivity (Wildman–Crippen MR) is 508 cm³/mol. The molecular formula is C101H120ClN9O21S. The Bertz CT molecular complexity index is 5580. The SMILES string of the molecule is CCCCCC/C(=N\OC(C)=O)C(=O)c1ccc(Sc2ccc(C(=O)C(C)(C)N3CCOCC3)cc2)cc1.CCN(CC)CC/C(=N\OC(=O)CCCl)C(=O)c1ccc(-n2cc(C(=O)C(C)(C)N3CCOCC3)c3cc(OCCO)ccc32)cc1.COC(=O)C/C(=N\OC(=O)C1=CC=CC1)C(=O)c1ccc(-n2cc(C(=O)C(C)(C)N3CCOCC3)c3cc(OCC4CO4)ccc32)cc1. The number of oxime groups is 3. The third-order valence-electron chi connectivity index (χ3n) is 23.9. The molecule has 32 heteroatoms. The molecule has 13 rings (SSSR count). The maximum atomic E-state index is 14.2. The van der Waals surface area contributed by atoms with Crippen LogP contribution in [0.4, 0.5) is 0 Å². The Kier molecular flexibility index (Phi) is 37.7. The van der Waals surface area contributed by atoms with Crippen LogP contribution < -0.4 is 9.47 Å². The highest BCUT2D eigenvalue weighted by Gasteiger charge is 2.41. The van der Waals surface area contributed by atoms with Gasteiger partial charge in [-0.25, -0.2) is 14.4 Å². The number of allylic oxidation sites excluding steroid dienone is 3. The fourth-order valence-electron chi connectivity index (χ4n) is 15.6. The van der Waals surface area contributed by atoms with Crippen molar-refractivity contribution in [2.45, 2.75) is 160 Å². The lowest BCUT2D eigenvalue weighted by atomic mass is 9.90. The number of aliphatic hydroxyl groups excluding tert-OH is 1. The first kappa shape index (κ1) is 102. The minimum atomic E-state index is -0.790. The van der Waals surface area contributed by atoms with Crippen molar-refractivity contribution >= 4 is 121 Å². The van der Waals surface area contributed by atoms with E-state index in [1.54, 1.807) is 84.6 Å². The molecule has 4 saturated heterocycles. The molecule has 6 heterocycles. The van der Waals surface area contributed by atoms with Gasteiger partial charge in [-0.2, -0.15) is 0 Å². The van der Waals surface area contributed by atoms with Gasteiger partial charge >= 0.3 is 23.9 Å². The van der Waals surface area contributed by atoms with Crippen LogP contribution in [0.5, 0.6) is 11.5 Å². The lowest BCUT2D eigenvalue weighted by molar-refractivity contribution is -0.143. The molecule has 5 aliphatic rings. The summed E-state index contributed by atoms with van der Waals surface area (Å²) in [6.45, 7) is 30.1. The van der Waals surface area contributed by atoms with Gasteiger partial charge in [0.15, 0.2) is 17.3 Å². The first-order chi connectivity index (χ1) is 64.0. The monoisotopic (exact) mass is 1860 g/mol. The van der Waals surface area contributed by atoms with Crippen LogP contribution in [0.1, 0.15) is 189 Å². The van der Waals surface area contributed by atoms with Crippen molar-refractivity contribution < 1.29 is 101 Å². The number of fused-ring (bicyclic) bond motifs is 2. The Morgan fingerprint density at radius 3 is 1.42 bits per heavy atom. The number of epoxide rings is 1. The number of morpholine rings is 3. The molecule has 4 fully saturated rings. The van der Waals surface area contributed by atoms with Crippen LogP contribution in [0.3, 0.4) is 0 Å². The number of esters is 1. The van der Waals surface area contributed by atoms with Gasteiger partial charge in [-0.1, -0.05) is 97.6 Å². The van der Waals surface area contributed by atoms with Crippen LogP contribution >= 0.6 is 23.4 Å². The second-order valence-electron chi connectivity index (χ2n) is 33.9. The van der Waals surface area contributed by atoms with E-state index in [0.29, 0.717) is 155 Å². The van der Waals surface area contributed by atoms with E-state index in [-0.39, 0.29) is 83.2 Å². The number of aliphatic hydroxyl groups is 1. The third-order valence-corrected chi connectivity index (χ3v) is 25.1. The van der Waals surface area contributed by atoms with E-state index in [1.165, 1.54) is 14.0 Å². The predicted octanol–water partition coefficient (Wildman–Crippen LogP) is 15.2. The molecule has 0 saturated carbocycles. The smallest absolute Gasteiger partial charge is 0.362 e. The van der Waals surface area contributed by atoms with Crippen LogP contribution in [0.2, 0.25) is 0 Å². The quantitative estimate of drug-likeness (QED) is 0.00542. The number of alkyl halides is 1. The topological polar surface area (TPSA) is 346 Å². The Hall–Kier alpha value is -11.3. The highest BCUT2D eigenvalue weighted by atomic mass is 35.5. The number of hydrogen-bond acceptors (Lipinski definition) is 29. The normalized spacial score (nSPS) is 15.8. The second-order valence-corrected chi connectivity index (χ2v) is 35.4. The molecule has 1 N–H and O–H groups in total. The van der Waals surface area contributed by atoms with Crippen molar-refractivity contribution in [1.29, 1.82) is 0 Å². The van der Waals surface area contributed by atoms with Crippen LogP contribution in [0, 0.1) is 0 Å². The number of carbonyl (C=O) groups excluding carboxylic acids is 10. The summed E-state index contributed by atoms with van der Waals surface area (Å²) in [6.07, 6.45) is 13.5. The van der Waals surface area contributed by atoms with Crippen molar-refractivity contribution in [3.05, 3.63) is 203 Å². The Balaban J connectivity index is 0.000000194. The lowest BCUT2D eigenvalue weighted by Gasteiger charge is -2.39. The number of unbranched alkanes of at least 4 members (excludes halogenated alkanes) is 3. The third kappa shape index (κ3) is 27.5. The summed E-state index contributed by atoms with van der Waals surface area (Å²) in [7, 11) is 1.19. The maximum Gasteiger partial charge on any atom is 0.362 e. The van der Waals surface area contributed by atoms with Gasteiger partial charge in [-0.15, -0.1) is 11.6 Å². The average molecular weight is 1860 g/mol. The van der Waals surface area contributed by atoms with Crippen molar-refractivity contribution in [2.75, 3.05) is 138 Å². The number of ketones is 6. The number of aromatic nitrogens is 2. The van der Waals surface area contributed by atoms with Gasteiger partial charge in [0.25, 0.3) is 0 Å². The molecule has 8 aromatic rings. The van der Waals surface area contributed by atoms with E-state index in [4.69, 9.17) is 59.3 Å². The molecule has 708 valence electrons. The Morgan fingerprint density at radius 1 is 0.526 bits per heavy atom. The standard InChI is InChI=1S/C36H37N3O9.C35H45ClN4O7.C30H38N2O5S/c1-36(2,38-14-16-45-17-15-38)34(42)29-20-39(31-13-12-26(18-28(29)31)46-21-27-22-47-27)25-10-8-23(9-11-25)33(41)30(19-32(40)44-3)37-48-35(43)24-6-4-5-7-24;1-5-38(6-2)16-14-30(37-47-32(42)13-15-36)33(43)25-7-9-26(10-8-25)40-24-29(28-23-27(46-22-19-41)11-12-31(28)40)34(44)35(3,4)39-17-20-45-21-18-39;1-5-6-7-8-9-27(31-37-22(2)33)28(34)23-10-14-25(15-11-23)38-26-16-12-24(13-17-26)29(35)30(3,4)32-18-20-36-21-19-32/h4-6,8-13,18,20,27H,7,14-17,19,21-22H2,1-3H3;7-12,23-24,41H,5-6,13-22H2,1-4H3;10-17H,5-9,18-21H2,1-4H3/b2*37-30+;31-27+. The fourth-order valence-corrected chi connectivity index (χ4v) is 16.6. The number of hydrogen-bond donors (Lipinski definition) is 1. The molecule has 1 atom stereocenters. The van der Waals surface area contributed by atoms with Crippen molar-refractivity contribution in [3.63, 3.8) is 0 Å². The van der Waals surface area contributed by atoms with Crippen LogP contribution in [0.25, 0.3) is 33.2 Å². The molecule has 4 aliphatic heterocycles. The van der Waals surface area contributed by atoms with E-state index in [2.05, 4.69) is 42.0 Å².